The normalized spacial score (nSPS) is 11.9. The number of amides is 1. The molecule has 0 bridgehead atoms. The smallest absolute Gasteiger partial charge is 0.220 e. The number of ether oxygens (including phenoxy) is 12. The number of Topliss-reactive ketones (excluding diaryl/α,β-unsaturated/α-hetero) is 1. The molecule has 1 atom stereocenters. The van der Waals surface area contributed by atoms with Crippen molar-refractivity contribution in [2.45, 2.75) is 39.7 Å². The summed E-state index contributed by atoms with van der Waals surface area (Å²) in [7, 11) is 1.64. The zero-order chi connectivity index (χ0) is 37.7. The predicted molar refractivity (Wildman–Crippen MR) is 193 cm³/mol. The van der Waals surface area contributed by atoms with Crippen molar-refractivity contribution in [2.75, 3.05) is 152 Å². The molecule has 15 nitrogen and oxygen atoms in total. The summed E-state index contributed by atoms with van der Waals surface area (Å²) in [6, 6.07) is 5.24. The first-order valence-corrected chi connectivity index (χ1v) is 18.3. The molecule has 1 aromatic rings. The molecule has 0 aliphatic rings. The lowest BCUT2D eigenvalue weighted by molar-refractivity contribution is -0.126. The van der Waals surface area contributed by atoms with Gasteiger partial charge in [0.1, 0.15) is 12.4 Å². The first kappa shape index (κ1) is 47.7. The number of rotatable bonds is 39. The third-order valence-electron chi connectivity index (χ3n) is 7.09. The Balaban J connectivity index is 1.80. The minimum Gasteiger partial charge on any atom is -0.491 e. The Morgan fingerprint density at radius 3 is 1.21 bits per heavy atom. The lowest BCUT2D eigenvalue weighted by Crippen LogP contribution is -2.41. The summed E-state index contributed by atoms with van der Waals surface area (Å²) in [4.78, 5) is 23.6. The molecule has 0 saturated carbocycles. The van der Waals surface area contributed by atoms with E-state index in [1.165, 1.54) is 6.92 Å². The highest BCUT2D eigenvalue weighted by Crippen LogP contribution is 2.20. The molecular formula is C37H65NO14. The largest absolute Gasteiger partial charge is 0.491 e. The Kier molecular flexibility index (Phi) is 32.8. The maximum atomic E-state index is 11.9. The summed E-state index contributed by atoms with van der Waals surface area (Å²) in [6.07, 6.45) is 0.786. The predicted octanol–water partition coefficient (Wildman–Crippen LogP) is 2.21. The summed E-state index contributed by atoms with van der Waals surface area (Å²) >= 11 is 0. The molecule has 1 aromatic carbocycles. The van der Waals surface area contributed by atoms with E-state index in [1.54, 1.807) is 14.0 Å². The van der Waals surface area contributed by atoms with Crippen molar-refractivity contribution >= 4 is 11.7 Å². The SMILES string of the molecule is CCC(=O)NC(Cc1ccc(OCCOCCOCCOCCOCCOCCOCCOCCOCCOCCOCCOC)c(C)c1)C(C)=O. The van der Waals surface area contributed by atoms with Gasteiger partial charge in [-0.25, -0.2) is 0 Å². The van der Waals surface area contributed by atoms with E-state index in [0.717, 1.165) is 16.9 Å². The number of hydrogen-bond acceptors (Lipinski definition) is 14. The molecule has 0 aromatic heterocycles. The second-order valence-corrected chi connectivity index (χ2v) is 11.4. The van der Waals surface area contributed by atoms with E-state index in [0.29, 0.717) is 158 Å². The van der Waals surface area contributed by atoms with Gasteiger partial charge in [-0.05, 0) is 37.5 Å². The molecule has 0 saturated heterocycles. The zero-order valence-electron chi connectivity index (χ0n) is 32.0. The maximum absolute atomic E-state index is 11.9. The van der Waals surface area contributed by atoms with Gasteiger partial charge in [0.2, 0.25) is 5.91 Å². The standard InChI is InChI=1S/C37H65NO14/c1-5-37(40)38-35(33(3)39)31-34-6-7-36(32(2)30-34)52-29-28-51-27-26-50-25-24-49-23-22-48-21-20-47-19-18-46-17-16-45-15-14-44-13-12-43-11-10-42-9-8-41-4/h6-7,30,35H,5,8-29,31H2,1-4H3,(H,38,40). The molecule has 1 N–H and O–H groups in total. The van der Waals surface area contributed by atoms with Gasteiger partial charge < -0.3 is 62.2 Å². The van der Waals surface area contributed by atoms with E-state index in [4.69, 9.17) is 56.8 Å². The molecule has 0 radical (unpaired) electrons. The van der Waals surface area contributed by atoms with Crippen molar-refractivity contribution in [1.82, 2.24) is 5.32 Å². The quantitative estimate of drug-likeness (QED) is 0.0979. The fourth-order valence-electron chi connectivity index (χ4n) is 4.26. The van der Waals surface area contributed by atoms with Crippen molar-refractivity contribution in [3.63, 3.8) is 0 Å². The Morgan fingerprint density at radius 2 is 0.904 bits per heavy atom. The van der Waals surface area contributed by atoms with E-state index < -0.39 is 6.04 Å². The van der Waals surface area contributed by atoms with Gasteiger partial charge in [-0.15, -0.1) is 0 Å². The molecule has 0 fully saturated rings. The highest BCUT2D eigenvalue weighted by molar-refractivity contribution is 5.87. The molecule has 0 heterocycles. The molecule has 52 heavy (non-hydrogen) atoms. The average Bonchev–Trinajstić information content (AvgIpc) is 3.13. The van der Waals surface area contributed by atoms with Gasteiger partial charge in [0, 0.05) is 13.5 Å². The second-order valence-electron chi connectivity index (χ2n) is 11.4. The van der Waals surface area contributed by atoms with Crippen LogP contribution in [0.3, 0.4) is 0 Å². The zero-order valence-corrected chi connectivity index (χ0v) is 32.0. The van der Waals surface area contributed by atoms with E-state index in [-0.39, 0.29) is 11.7 Å². The fraction of sp³-hybridized carbons (Fsp3) is 0.784. The van der Waals surface area contributed by atoms with E-state index >= 15 is 0 Å². The van der Waals surface area contributed by atoms with Crippen LogP contribution in [-0.2, 0) is 68.1 Å². The van der Waals surface area contributed by atoms with Crippen LogP contribution in [0.2, 0.25) is 0 Å². The van der Waals surface area contributed by atoms with Gasteiger partial charge in [0.15, 0.2) is 5.78 Å². The minimum atomic E-state index is -0.528. The average molecular weight is 748 g/mol. The fourth-order valence-corrected chi connectivity index (χ4v) is 4.26. The van der Waals surface area contributed by atoms with E-state index in [1.807, 2.05) is 25.1 Å². The molecule has 1 unspecified atom stereocenters. The Morgan fingerprint density at radius 1 is 0.558 bits per heavy atom. The van der Waals surface area contributed by atoms with Crippen LogP contribution < -0.4 is 10.1 Å². The van der Waals surface area contributed by atoms with Gasteiger partial charge in [0.05, 0.1) is 145 Å². The van der Waals surface area contributed by atoms with Crippen LogP contribution in [0.15, 0.2) is 18.2 Å². The Labute approximate surface area is 310 Å². The van der Waals surface area contributed by atoms with Gasteiger partial charge in [-0.1, -0.05) is 19.1 Å². The van der Waals surface area contributed by atoms with Gasteiger partial charge in [-0.2, -0.15) is 0 Å². The Hall–Kier alpha value is -2.28. The summed E-state index contributed by atoms with van der Waals surface area (Å²) in [5, 5.41) is 2.78. The molecule has 0 aliphatic carbocycles. The maximum Gasteiger partial charge on any atom is 0.220 e. The first-order valence-electron chi connectivity index (χ1n) is 18.3. The number of carbonyl (C=O) groups is 2. The van der Waals surface area contributed by atoms with Gasteiger partial charge in [0.25, 0.3) is 0 Å². The number of ketones is 1. The third-order valence-corrected chi connectivity index (χ3v) is 7.09. The molecule has 302 valence electrons. The monoisotopic (exact) mass is 747 g/mol. The number of carbonyl (C=O) groups excluding carboxylic acids is 2. The highest BCUT2D eigenvalue weighted by atomic mass is 16.6. The number of hydrogen-bond donors (Lipinski definition) is 1. The summed E-state index contributed by atoms with van der Waals surface area (Å²) < 4.78 is 65.4. The number of benzene rings is 1. The van der Waals surface area contributed by atoms with Crippen LogP contribution in [0.4, 0.5) is 0 Å². The lowest BCUT2D eigenvalue weighted by Gasteiger charge is -2.17. The number of nitrogens with one attached hydrogen (secondary N) is 1. The molecule has 1 amide bonds. The van der Waals surface area contributed by atoms with Gasteiger partial charge >= 0.3 is 0 Å². The Bertz CT molecular complexity index is 986. The first-order chi connectivity index (χ1) is 25.5. The van der Waals surface area contributed by atoms with Crippen molar-refractivity contribution in [2.24, 2.45) is 0 Å². The van der Waals surface area contributed by atoms with Crippen LogP contribution in [0, 0.1) is 6.92 Å². The molecular weight excluding hydrogens is 682 g/mol. The summed E-state index contributed by atoms with van der Waals surface area (Å²) in [5.74, 6) is 0.552. The molecule has 0 spiro atoms. The van der Waals surface area contributed by atoms with Crippen LogP contribution in [0.1, 0.15) is 31.4 Å². The third kappa shape index (κ3) is 29.2. The minimum absolute atomic E-state index is 0.0666. The second kappa shape index (κ2) is 35.7. The van der Waals surface area contributed by atoms with Crippen molar-refractivity contribution in [3.8, 4) is 5.75 Å². The van der Waals surface area contributed by atoms with Crippen LogP contribution in [0.5, 0.6) is 5.75 Å². The van der Waals surface area contributed by atoms with Crippen LogP contribution in [0.25, 0.3) is 0 Å². The molecule has 1 rings (SSSR count). The summed E-state index contributed by atoms with van der Waals surface area (Å²) in [5.41, 5.74) is 1.92. The lowest BCUT2D eigenvalue weighted by atomic mass is 10.0. The van der Waals surface area contributed by atoms with Crippen LogP contribution >= 0.6 is 0 Å². The summed E-state index contributed by atoms with van der Waals surface area (Å²) in [6.45, 7) is 16.2. The van der Waals surface area contributed by atoms with Crippen molar-refractivity contribution in [1.29, 1.82) is 0 Å². The highest BCUT2D eigenvalue weighted by Gasteiger charge is 2.17. The molecule has 15 heteroatoms. The van der Waals surface area contributed by atoms with E-state index in [2.05, 4.69) is 5.32 Å². The number of aryl methyl sites for hydroxylation is 1. The van der Waals surface area contributed by atoms with Crippen molar-refractivity contribution < 1.29 is 66.4 Å². The van der Waals surface area contributed by atoms with E-state index in [9.17, 15) is 9.59 Å². The van der Waals surface area contributed by atoms with Crippen molar-refractivity contribution in [3.05, 3.63) is 29.3 Å². The number of methoxy groups -OCH3 is 1. The molecule has 0 aliphatic heterocycles. The van der Waals surface area contributed by atoms with Crippen LogP contribution in [-0.4, -0.2) is 170 Å². The van der Waals surface area contributed by atoms with Gasteiger partial charge in [-0.3, -0.25) is 9.59 Å². The topological polar surface area (TPSA) is 157 Å².